The molecule has 10 nitrogen and oxygen atoms in total. The molecule has 182 valence electrons. The first kappa shape index (κ1) is 26.5. The van der Waals surface area contributed by atoms with Gasteiger partial charge in [0, 0.05) is 5.56 Å². The van der Waals surface area contributed by atoms with Crippen molar-refractivity contribution in [1.82, 2.24) is 10.6 Å². The van der Waals surface area contributed by atoms with Crippen LogP contribution in [0.5, 0.6) is 0 Å². The fourth-order valence-electron chi connectivity index (χ4n) is 2.80. The number of hydrogen-bond acceptors (Lipinski definition) is 8. The third kappa shape index (κ3) is 8.64. The van der Waals surface area contributed by atoms with Gasteiger partial charge in [0.05, 0.1) is 6.04 Å². The molecule has 0 aliphatic rings. The van der Waals surface area contributed by atoms with Crippen molar-refractivity contribution in [2.45, 2.75) is 51.2 Å². The lowest BCUT2D eigenvalue weighted by molar-refractivity contribution is -0.173. The number of nitrogens with one attached hydrogen (secondary N) is 2. The Labute approximate surface area is 196 Å². The predicted molar refractivity (Wildman–Crippen MR) is 120 cm³/mol. The summed E-state index contributed by atoms with van der Waals surface area (Å²) >= 11 is 0. The van der Waals surface area contributed by atoms with E-state index in [2.05, 4.69) is 10.1 Å². The Hall–Kier alpha value is -3.76. The molecule has 0 aliphatic carbocycles. The van der Waals surface area contributed by atoms with Gasteiger partial charge in [-0.05, 0) is 44.9 Å². The van der Waals surface area contributed by atoms with Gasteiger partial charge >= 0.3 is 18.0 Å². The number of rotatable bonds is 8. The van der Waals surface area contributed by atoms with Gasteiger partial charge in [-0.2, -0.15) is 0 Å². The van der Waals surface area contributed by atoms with E-state index in [0.29, 0.717) is 5.56 Å². The van der Waals surface area contributed by atoms with E-state index in [1.807, 2.05) is 5.32 Å². The van der Waals surface area contributed by atoms with Crippen molar-refractivity contribution >= 4 is 23.9 Å². The van der Waals surface area contributed by atoms with Crippen molar-refractivity contribution in [2.75, 3.05) is 0 Å². The van der Waals surface area contributed by atoms with Crippen LogP contribution in [0.25, 0.3) is 0 Å². The van der Waals surface area contributed by atoms with Crippen LogP contribution < -0.4 is 10.6 Å². The van der Waals surface area contributed by atoms with E-state index in [0.717, 1.165) is 0 Å². The second-order valence-electron chi connectivity index (χ2n) is 8.37. The van der Waals surface area contributed by atoms with Gasteiger partial charge in [-0.25, -0.2) is 14.4 Å². The molecule has 0 fully saturated rings. The average Bonchev–Trinajstić information content (AvgIpc) is 2.78. The highest BCUT2D eigenvalue weighted by molar-refractivity contribution is 5.98. The molecular formula is C24H28N2O8. The second-order valence-corrected chi connectivity index (χ2v) is 8.37. The first-order chi connectivity index (χ1) is 16.0. The van der Waals surface area contributed by atoms with Gasteiger partial charge in [-0.1, -0.05) is 48.5 Å². The lowest BCUT2D eigenvalue weighted by atomic mass is 10.0. The van der Waals surface area contributed by atoms with E-state index in [4.69, 9.17) is 4.74 Å². The quantitative estimate of drug-likeness (QED) is 0.255. The highest BCUT2D eigenvalue weighted by Crippen LogP contribution is 2.11. The minimum Gasteiger partial charge on any atom is -0.444 e. The summed E-state index contributed by atoms with van der Waals surface area (Å²) < 4.78 is 9.70. The number of carbonyl (C=O) groups is 4. The van der Waals surface area contributed by atoms with Crippen molar-refractivity contribution in [3.63, 3.8) is 0 Å². The summed E-state index contributed by atoms with van der Waals surface area (Å²) in [6.45, 7) is 4.94. The van der Waals surface area contributed by atoms with E-state index in [1.165, 1.54) is 12.1 Å². The molecule has 10 heteroatoms. The molecule has 3 atom stereocenters. The van der Waals surface area contributed by atoms with Crippen LogP contribution in [-0.4, -0.2) is 58.1 Å². The third-order valence-electron chi connectivity index (χ3n) is 4.35. The van der Waals surface area contributed by atoms with E-state index < -0.39 is 47.9 Å². The van der Waals surface area contributed by atoms with Gasteiger partial charge in [-0.3, -0.25) is 4.79 Å². The molecule has 0 heterocycles. The molecule has 0 aliphatic heterocycles. The zero-order chi connectivity index (χ0) is 25.3. The summed E-state index contributed by atoms with van der Waals surface area (Å²) in [5.41, 5.74) is 0.0197. The van der Waals surface area contributed by atoms with Crippen LogP contribution >= 0.6 is 0 Å². The first-order valence-corrected chi connectivity index (χ1v) is 10.5. The molecule has 2 aromatic rings. The number of benzene rings is 2. The molecule has 34 heavy (non-hydrogen) atoms. The van der Waals surface area contributed by atoms with Gasteiger partial charge in [0.25, 0.3) is 5.91 Å². The zero-order valence-electron chi connectivity index (χ0n) is 19.1. The summed E-state index contributed by atoms with van der Waals surface area (Å²) in [5.74, 6) is -3.69. The van der Waals surface area contributed by atoms with Gasteiger partial charge in [0.1, 0.15) is 5.60 Å². The van der Waals surface area contributed by atoms with E-state index >= 15 is 0 Å². The lowest BCUT2D eigenvalue weighted by Gasteiger charge is -2.26. The number of esters is 2. The van der Waals surface area contributed by atoms with Crippen LogP contribution in [0.1, 0.15) is 36.7 Å². The molecular weight excluding hydrogens is 444 g/mol. The molecule has 2 aromatic carbocycles. The summed E-state index contributed by atoms with van der Waals surface area (Å²) in [6.07, 6.45) is -5.01. The van der Waals surface area contributed by atoms with Gasteiger partial charge < -0.3 is 30.3 Å². The second kappa shape index (κ2) is 11.9. The molecule has 4 N–H and O–H groups in total. The Morgan fingerprint density at radius 3 is 1.97 bits per heavy atom. The molecule has 0 bridgehead atoms. The zero-order valence-corrected chi connectivity index (χ0v) is 19.1. The number of alkyl carbamates (subject to hydrolysis) is 1. The molecule has 2 rings (SSSR count). The molecule has 0 radical (unpaired) electrons. The Kier molecular flexibility index (Phi) is 9.28. The Balaban J connectivity index is 2.04. The van der Waals surface area contributed by atoms with Crippen molar-refractivity contribution < 1.29 is 38.9 Å². The topological polar surface area (TPSA) is 151 Å². The maximum Gasteiger partial charge on any atom is 0.407 e. The Morgan fingerprint density at radius 2 is 1.41 bits per heavy atom. The molecule has 0 saturated carbocycles. The van der Waals surface area contributed by atoms with E-state index in [9.17, 15) is 29.4 Å². The normalized spacial score (nSPS) is 13.7. The average molecular weight is 472 g/mol. The number of aliphatic hydroxyl groups is 2. The van der Waals surface area contributed by atoms with Crippen molar-refractivity contribution in [1.29, 1.82) is 0 Å². The number of carbonyl (C=O) groups excluding carboxylic acids is 4. The van der Waals surface area contributed by atoms with E-state index in [-0.39, 0.29) is 12.0 Å². The highest BCUT2D eigenvalue weighted by atomic mass is 16.6. The molecule has 2 unspecified atom stereocenters. The standard InChI is InChI=1S/C24H28N2O8/c1-24(2,3)34-23(32)25-17(14-15-10-6-4-7-11-15)18(27)21(30)33-22(31)20(29)26-19(28)16-12-8-5-9-13-16/h4-13,17-18,20,27,29H,14H2,1-3H3,(H,25,32)(H,26,28)/t17-,18?,20?/m1/s1. The van der Waals surface area contributed by atoms with Gasteiger partial charge in [0.2, 0.25) is 6.23 Å². The number of hydrogen-bond donors (Lipinski definition) is 4. The van der Waals surface area contributed by atoms with Crippen molar-refractivity contribution in [3.05, 3.63) is 71.8 Å². The fourth-order valence-corrected chi connectivity index (χ4v) is 2.80. The largest absolute Gasteiger partial charge is 0.444 e. The van der Waals surface area contributed by atoms with Crippen molar-refractivity contribution in [2.24, 2.45) is 0 Å². The van der Waals surface area contributed by atoms with E-state index in [1.54, 1.807) is 69.3 Å². The Bertz CT molecular complexity index is 989. The van der Waals surface area contributed by atoms with Crippen LogP contribution in [0.2, 0.25) is 0 Å². The maximum atomic E-state index is 12.4. The minimum atomic E-state index is -2.16. The smallest absolute Gasteiger partial charge is 0.407 e. The van der Waals surface area contributed by atoms with Gasteiger partial charge in [-0.15, -0.1) is 0 Å². The van der Waals surface area contributed by atoms with Crippen LogP contribution in [0, 0.1) is 0 Å². The number of ether oxygens (including phenoxy) is 2. The highest BCUT2D eigenvalue weighted by Gasteiger charge is 2.33. The van der Waals surface area contributed by atoms with Gasteiger partial charge in [0.15, 0.2) is 6.10 Å². The maximum absolute atomic E-state index is 12.4. The molecule has 0 saturated heterocycles. The Morgan fingerprint density at radius 1 is 0.853 bits per heavy atom. The number of aliphatic hydroxyl groups excluding tert-OH is 2. The molecule has 0 spiro atoms. The monoisotopic (exact) mass is 472 g/mol. The number of amides is 2. The van der Waals surface area contributed by atoms with Crippen LogP contribution in [-0.2, 0) is 25.5 Å². The summed E-state index contributed by atoms with van der Waals surface area (Å²) in [6, 6.07) is 15.2. The summed E-state index contributed by atoms with van der Waals surface area (Å²) in [5, 5.41) is 24.8. The van der Waals surface area contributed by atoms with Crippen LogP contribution in [0.3, 0.4) is 0 Å². The first-order valence-electron chi connectivity index (χ1n) is 10.5. The molecule has 0 aromatic heterocycles. The third-order valence-corrected chi connectivity index (χ3v) is 4.35. The SMILES string of the molecule is CC(C)(C)OC(=O)N[C@H](Cc1ccccc1)C(O)C(=O)OC(=O)C(O)NC(=O)c1ccccc1. The summed E-state index contributed by atoms with van der Waals surface area (Å²) in [4.78, 5) is 48.8. The lowest BCUT2D eigenvalue weighted by Crippen LogP contribution is -2.51. The van der Waals surface area contributed by atoms with Crippen molar-refractivity contribution in [3.8, 4) is 0 Å². The molecule has 2 amide bonds. The fraction of sp³-hybridized carbons (Fsp3) is 0.333. The predicted octanol–water partition coefficient (Wildman–Crippen LogP) is 1.30. The minimum absolute atomic E-state index is 0.0117. The van der Waals surface area contributed by atoms with Crippen LogP contribution in [0.15, 0.2) is 60.7 Å². The summed E-state index contributed by atoms with van der Waals surface area (Å²) in [7, 11) is 0. The van der Waals surface area contributed by atoms with Crippen LogP contribution in [0.4, 0.5) is 4.79 Å².